The molecule has 4 heteroatoms. The summed E-state index contributed by atoms with van der Waals surface area (Å²) in [5, 5.41) is 9.57. The molecule has 4 bridgehead atoms. The average Bonchev–Trinajstić information content (AvgIpc) is 3.03. The molecular weight excluding hydrogens is 241 g/mol. The van der Waals surface area contributed by atoms with Crippen molar-refractivity contribution < 1.29 is 18.3 Å². The van der Waals surface area contributed by atoms with Crippen molar-refractivity contribution in [3.8, 4) is 0 Å². The van der Waals surface area contributed by atoms with E-state index in [4.69, 9.17) is 0 Å². The van der Waals surface area contributed by atoms with Crippen molar-refractivity contribution in [3.63, 3.8) is 0 Å². The van der Waals surface area contributed by atoms with Gasteiger partial charge in [-0.05, 0) is 73.5 Å². The number of halogens is 3. The molecule has 4 fully saturated rings. The van der Waals surface area contributed by atoms with E-state index in [0.717, 1.165) is 12.3 Å². The number of hydrogen-bond acceptors (Lipinski definition) is 1. The molecule has 0 aliphatic heterocycles. The van der Waals surface area contributed by atoms with Crippen LogP contribution in [-0.2, 0) is 0 Å². The third kappa shape index (κ3) is 1.33. The van der Waals surface area contributed by atoms with Crippen LogP contribution in [0.15, 0.2) is 0 Å². The smallest absolute Gasteiger partial charge is 0.383 e. The van der Waals surface area contributed by atoms with Crippen LogP contribution in [0.2, 0.25) is 0 Å². The second kappa shape index (κ2) is 3.44. The van der Waals surface area contributed by atoms with E-state index in [9.17, 15) is 18.3 Å². The number of aliphatic hydroxyl groups excluding tert-OH is 1. The lowest BCUT2D eigenvalue weighted by atomic mass is 9.66. The first-order valence-electron chi connectivity index (χ1n) is 7.21. The largest absolute Gasteiger partial charge is 0.414 e. The van der Waals surface area contributed by atoms with Crippen LogP contribution in [0, 0.1) is 41.4 Å². The van der Waals surface area contributed by atoms with Gasteiger partial charge in [-0.25, -0.2) is 0 Å². The summed E-state index contributed by atoms with van der Waals surface area (Å²) in [5.41, 5.74) is 0. The van der Waals surface area contributed by atoms with Gasteiger partial charge < -0.3 is 5.11 Å². The van der Waals surface area contributed by atoms with Crippen molar-refractivity contribution in [2.75, 3.05) is 0 Å². The molecule has 4 aliphatic rings. The fourth-order valence-corrected chi connectivity index (χ4v) is 6.22. The fourth-order valence-electron chi connectivity index (χ4n) is 6.22. The third-order valence-electron chi connectivity index (χ3n) is 6.53. The average molecular weight is 260 g/mol. The Kier molecular flexibility index (Phi) is 2.21. The van der Waals surface area contributed by atoms with E-state index >= 15 is 0 Å². The predicted octanol–water partition coefficient (Wildman–Crippen LogP) is 3.23. The molecule has 102 valence electrons. The van der Waals surface area contributed by atoms with Crippen LogP contribution in [0.4, 0.5) is 13.2 Å². The van der Waals surface area contributed by atoms with Gasteiger partial charge in [0.25, 0.3) is 0 Å². The Bertz CT molecular complexity index is 367. The summed E-state index contributed by atoms with van der Waals surface area (Å²) in [5.74, 6) is 2.85. The van der Waals surface area contributed by atoms with Gasteiger partial charge in [-0.3, -0.25) is 0 Å². The molecule has 0 aromatic carbocycles. The molecule has 0 heterocycles. The first-order chi connectivity index (χ1) is 8.47. The number of fused-ring (bicyclic) bond motifs is 9. The van der Waals surface area contributed by atoms with Gasteiger partial charge in [0.2, 0.25) is 0 Å². The van der Waals surface area contributed by atoms with Gasteiger partial charge in [-0.2, -0.15) is 13.2 Å². The van der Waals surface area contributed by atoms with Crippen molar-refractivity contribution in [2.45, 2.75) is 44.4 Å². The second-order valence-corrected chi connectivity index (χ2v) is 7.03. The van der Waals surface area contributed by atoms with Gasteiger partial charge in [-0.15, -0.1) is 0 Å². The quantitative estimate of drug-likeness (QED) is 0.718. The molecule has 4 aliphatic carbocycles. The molecule has 0 radical (unpaired) electrons. The third-order valence-corrected chi connectivity index (χ3v) is 6.53. The Morgan fingerprint density at radius 3 is 2.22 bits per heavy atom. The van der Waals surface area contributed by atoms with E-state index in [0.29, 0.717) is 30.1 Å². The molecular formula is C14H19F3O. The number of alkyl halides is 3. The summed E-state index contributed by atoms with van der Waals surface area (Å²) < 4.78 is 38.1. The van der Waals surface area contributed by atoms with Gasteiger partial charge >= 0.3 is 6.18 Å². The molecule has 18 heavy (non-hydrogen) atoms. The molecule has 0 aromatic heterocycles. The van der Waals surface area contributed by atoms with E-state index in [-0.39, 0.29) is 5.92 Å². The van der Waals surface area contributed by atoms with Crippen molar-refractivity contribution in [3.05, 3.63) is 0 Å². The zero-order valence-corrected chi connectivity index (χ0v) is 10.2. The number of hydrogen-bond donors (Lipinski definition) is 1. The van der Waals surface area contributed by atoms with Gasteiger partial charge in [0.15, 0.2) is 6.10 Å². The van der Waals surface area contributed by atoms with E-state index in [1.807, 2.05) is 0 Å². The monoisotopic (exact) mass is 260 g/mol. The second-order valence-electron chi connectivity index (χ2n) is 7.03. The molecule has 0 spiro atoms. The SMILES string of the molecule is OC(C1CC2CC1C1C3CCC(C3)C21)C(F)(F)F. The summed E-state index contributed by atoms with van der Waals surface area (Å²) >= 11 is 0. The Labute approximate surface area is 105 Å². The van der Waals surface area contributed by atoms with Crippen LogP contribution in [0.1, 0.15) is 32.1 Å². The summed E-state index contributed by atoms with van der Waals surface area (Å²) in [4.78, 5) is 0. The van der Waals surface area contributed by atoms with E-state index in [1.54, 1.807) is 0 Å². The standard InChI is InChI=1S/C14H19F3O/c15-14(16,17)13(18)10-5-8-4-9(10)12-7-2-1-6(3-7)11(8)12/h6-13,18H,1-5H2. The highest BCUT2D eigenvalue weighted by atomic mass is 19.4. The molecule has 4 rings (SSSR count). The van der Waals surface area contributed by atoms with Crippen LogP contribution in [-0.4, -0.2) is 17.4 Å². The highest BCUT2D eigenvalue weighted by Gasteiger charge is 2.65. The maximum atomic E-state index is 12.7. The van der Waals surface area contributed by atoms with Crippen molar-refractivity contribution in [2.24, 2.45) is 41.4 Å². The minimum Gasteiger partial charge on any atom is -0.383 e. The zero-order valence-electron chi connectivity index (χ0n) is 10.2. The minimum absolute atomic E-state index is 0.159. The topological polar surface area (TPSA) is 20.2 Å². The van der Waals surface area contributed by atoms with Gasteiger partial charge in [0.1, 0.15) is 0 Å². The van der Waals surface area contributed by atoms with Crippen LogP contribution in [0.25, 0.3) is 0 Å². The van der Waals surface area contributed by atoms with Crippen molar-refractivity contribution in [1.82, 2.24) is 0 Å². The fraction of sp³-hybridized carbons (Fsp3) is 1.00. The normalized spacial score (nSPS) is 55.0. The highest BCUT2D eigenvalue weighted by molar-refractivity contribution is 5.12. The molecule has 1 N–H and O–H groups in total. The lowest BCUT2D eigenvalue weighted by Gasteiger charge is -2.40. The molecule has 8 unspecified atom stereocenters. The number of rotatable bonds is 1. The van der Waals surface area contributed by atoms with Crippen LogP contribution < -0.4 is 0 Å². The van der Waals surface area contributed by atoms with Crippen LogP contribution >= 0.6 is 0 Å². The van der Waals surface area contributed by atoms with Crippen LogP contribution in [0.5, 0.6) is 0 Å². The molecule has 4 saturated carbocycles. The maximum Gasteiger partial charge on any atom is 0.414 e. The van der Waals surface area contributed by atoms with Gasteiger partial charge in [0, 0.05) is 0 Å². The van der Waals surface area contributed by atoms with Crippen LogP contribution in [0.3, 0.4) is 0 Å². The predicted molar refractivity (Wildman–Crippen MR) is 59.6 cm³/mol. The summed E-state index contributed by atoms with van der Waals surface area (Å²) in [7, 11) is 0. The summed E-state index contributed by atoms with van der Waals surface area (Å²) in [6, 6.07) is 0. The van der Waals surface area contributed by atoms with Gasteiger partial charge in [0.05, 0.1) is 0 Å². The lowest BCUT2D eigenvalue weighted by Crippen LogP contribution is -2.43. The first-order valence-corrected chi connectivity index (χ1v) is 7.21. The summed E-state index contributed by atoms with van der Waals surface area (Å²) in [6.07, 6.45) is -1.13. The molecule has 0 aromatic rings. The zero-order chi connectivity index (χ0) is 12.7. The molecule has 8 atom stereocenters. The maximum absolute atomic E-state index is 12.7. The Morgan fingerprint density at radius 2 is 1.56 bits per heavy atom. The van der Waals surface area contributed by atoms with Gasteiger partial charge in [-0.1, -0.05) is 0 Å². The lowest BCUT2D eigenvalue weighted by molar-refractivity contribution is -0.227. The van der Waals surface area contributed by atoms with E-state index in [2.05, 4.69) is 0 Å². The molecule has 0 saturated heterocycles. The van der Waals surface area contributed by atoms with E-state index in [1.165, 1.54) is 19.3 Å². The Hall–Kier alpha value is -0.250. The molecule has 0 amide bonds. The molecule has 1 nitrogen and oxygen atoms in total. The van der Waals surface area contributed by atoms with Crippen molar-refractivity contribution in [1.29, 1.82) is 0 Å². The summed E-state index contributed by atoms with van der Waals surface area (Å²) in [6.45, 7) is 0. The van der Waals surface area contributed by atoms with E-state index < -0.39 is 18.2 Å². The minimum atomic E-state index is -4.43. The van der Waals surface area contributed by atoms with Crippen molar-refractivity contribution >= 4 is 0 Å². The number of aliphatic hydroxyl groups is 1. The highest BCUT2D eigenvalue weighted by Crippen LogP contribution is 2.69. The Morgan fingerprint density at radius 1 is 0.889 bits per heavy atom. The first kappa shape index (κ1) is 11.6. The Balaban J connectivity index is 1.59.